The zero-order valence-corrected chi connectivity index (χ0v) is 7.80. The molecule has 0 spiro atoms. The molecule has 0 amide bonds. The number of para-hydroxylation sites is 1. The van der Waals surface area contributed by atoms with Crippen molar-refractivity contribution in [3.63, 3.8) is 0 Å². The molecule has 0 unspecified atom stereocenters. The summed E-state index contributed by atoms with van der Waals surface area (Å²) in [5.41, 5.74) is -0.514. The van der Waals surface area contributed by atoms with E-state index in [1.807, 2.05) is 0 Å². The third-order valence-corrected chi connectivity index (χ3v) is 1.97. The van der Waals surface area contributed by atoms with Crippen LogP contribution in [0.1, 0.15) is 25.3 Å². The molecule has 0 aliphatic rings. The van der Waals surface area contributed by atoms with Gasteiger partial charge in [-0.05, 0) is 12.1 Å². The van der Waals surface area contributed by atoms with Gasteiger partial charge in [0.05, 0.1) is 5.56 Å². The summed E-state index contributed by atoms with van der Waals surface area (Å²) in [5, 5.41) is 18.3. The van der Waals surface area contributed by atoms with Crippen molar-refractivity contribution < 1.29 is 19.0 Å². The van der Waals surface area contributed by atoms with Crippen LogP contribution in [0.3, 0.4) is 0 Å². The molecule has 78 valence electrons. The largest absolute Gasteiger partial charge is 0.504 e. The van der Waals surface area contributed by atoms with Gasteiger partial charge in [-0.3, -0.25) is 0 Å². The van der Waals surface area contributed by atoms with Crippen LogP contribution in [-0.4, -0.2) is 10.2 Å². The molecule has 0 fully saturated rings. The summed E-state index contributed by atoms with van der Waals surface area (Å²) in [6.45, 7) is 1.63. The minimum Gasteiger partial charge on any atom is -0.504 e. The highest BCUT2D eigenvalue weighted by Gasteiger charge is 2.33. The molecule has 2 N–H and O–H groups in total. The second kappa shape index (κ2) is 3.82. The number of phenols is 2. The van der Waals surface area contributed by atoms with E-state index in [0.717, 1.165) is 6.07 Å². The summed E-state index contributed by atoms with van der Waals surface area (Å²) < 4.78 is 26.7. The maximum absolute atomic E-state index is 13.3. The summed E-state index contributed by atoms with van der Waals surface area (Å²) in [6, 6.07) is 3.57. The molecule has 0 aromatic heterocycles. The van der Waals surface area contributed by atoms with Crippen molar-refractivity contribution in [3.05, 3.63) is 23.8 Å². The van der Waals surface area contributed by atoms with Crippen LogP contribution in [-0.2, 0) is 5.92 Å². The topological polar surface area (TPSA) is 40.5 Å². The maximum atomic E-state index is 13.3. The van der Waals surface area contributed by atoms with E-state index in [4.69, 9.17) is 5.11 Å². The van der Waals surface area contributed by atoms with E-state index in [0.29, 0.717) is 6.42 Å². The number of halogens is 2. The van der Waals surface area contributed by atoms with E-state index in [2.05, 4.69) is 0 Å². The number of hydrogen-bond donors (Lipinski definition) is 2. The van der Waals surface area contributed by atoms with E-state index in [1.165, 1.54) is 12.1 Å². The van der Waals surface area contributed by atoms with Crippen LogP contribution < -0.4 is 0 Å². The number of alkyl halides is 2. The highest BCUT2D eigenvalue weighted by Crippen LogP contribution is 2.41. The van der Waals surface area contributed by atoms with Gasteiger partial charge in [-0.1, -0.05) is 19.4 Å². The van der Waals surface area contributed by atoms with E-state index < -0.39 is 23.0 Å². The van der Waals surface area contributed by atoms with Gasteiger partial charge in [0, 0.05) is 6.42 Å². The van der Waals surface area contributed by atoms with Gasteiger partial charge in [-0.2, -0.15) is 0 Å². The zero-order chi connectivity index (χ0) is 10.8. The molecule has 0 aliphatic carbocycles. The summed E-state index contributed by atoms with van der Waals surface area (Å²) in [5.74, 6) is -4.33. The van der Waals surface area contributed by atoms with Crippen molar-refractivity contribution >= 4 is 0 Å². The van der Waals surface area contributed by atoms with Gasteiger partial charge in [-0.15, -0.1) is 0 Å². The quantitative estimate of drug-likeness (QED) is 0.739. The number of benzene rings is 1. The van der Waals surface area contributed by atoms with E-state index in [1.54, 1.807) is 6.92 Å². The van der Waals surface area contributed by atoms with E-state index in [9.17, 15) is 13.9 Å². The molecule has 0 atom stereocenters. The molecule has 0 bridgehead atoms. The minimum atomic E-state index is -3.09. The first-order valence-electron chi connectivity index (χ1n) is 4.38. The molecule has 0 saturated heterocycles. The minimum absolute atomic E-state index is 0.308. The van der Waals surface area contributed by atoms with Gasteiger partial charge in [0.2, 0.25) is 0 Å². The molecule has 0 heterocycles. The highest BCUT2D eigenvalue weighted by molar-refractivity contribution is 5.46. The molecule has 1 rings (SSSR count). The monoisotopic (exact) mass is 202 g/mol. The highest BCUT2D eigenvalue weighted by atomic mass is 19.3. The van der Waals surface area contributed by atoms with E-state index in [-0.39, 0.29) is 6.42 Å². The van der Waals surface area contributed by atoms with Crippen molar-refractivity contribution in [2.75, 3.05) is 0 Å². The molecule has 1 aromatic carbocycles. The van der Waals surface area contributed by atoms with Crippen LogP contribution in [0.25, 0.3) is 0 Å². The van der Waals surface area contributed by atoms with Crippen molar-refractivity contribution in [3.8, 4) is 11.5 Å². The van der Waals surface area contributed by atoms with Crippen molar-refractivity contribution in [2.45, 2.75) is 25.7 Å². The van der Waals surface area contributed by atoms with Gasteiger partial charge in [-0.25, -0.2) is 8.78 Å². The van der Waals surface area contributed by atoms with Gasteiger partial charge < -0.3 is 10.2 Å². The fourth-order valence-corrected chi connectivity index (χ4v) is 1.28. The predicted octanol–water partition coefficient (Wildman–Crippen LogP) is 2.99. The molecular weight excluding hydrogens is 190 g/mol. The average Bonchev–Trinajstić information content (AvgIpc) is 2.09. The fraction of sp³-hybridized carbons (Fsp3) is 0.400. The standard InChI is InChI=1S/C10H12F2O2/c1-2-6-10(11,12)7-4-3-5-8(13)9(7)14/h3-5,13-14H,2,6H2,1H3. The average molecular weight is 202 g/mol. The Bertz CT molecular complexity index is 324. The van der Waals surface area contributed by atoms with Crippen LogP contribution in [0.5, 0.6) is 11.5 Å². The van der Waals surface area contributed by atoms with E-state index >= 15 is 0 Å². The van der Waals surface area contributed by atoms with Crippen LogP contribution >= 0.6 is 0 Å². The maximum Gasteiger partial charge on any atom is 0.276 e. The number of hydrogen-bond acceptors (Lipinski definition) is 2. The lowest BCUT2D eigenvalue weighted by Crippen LogP contribution is -2.12. The van der Waals surface area contributed by atoms with Crippen LogP contribution in [0.15, 0.2) is 18.2 Å². The van der Waals surface area contributed by atoms with Crippen molar-refractivity contribution in [2.24, 2.45) is 0 Å². The lowest BCUT2D eigenvalue weighted by Gasteiger charge is -2.17. The Morgan fingerprint density at radius 1 is 1.29 bits per heavy atom. The summed E-state index contributed by atoms with van der Waals surface area (Å²) in [4.78, 5) is 0. The first-order chi connectivity index (χ1) is 6.49. The fourth-order valence-electron chi connectivity index (χ4n) is 1.28. The van der Waals surface area contributed by atoms with Gasteiger partial charge in [0.15, 0.2) is 11.5 Å². The Morgan fingerprint density at radius 2 is 1.93 bits per heavy atom. The Kier molecular flexibility index (Phi) is 2.93. The molecule has 4 heteroatoms. The second-order valence-corrected chi connectivity index (χ2v) is 3.13. The normalized spacial score (nSPS) is 11.6. The van der Waals surface area contributed by atoms with Gasteiger partial charge in [0.1, 0.15) is 0 Å². The third kappa shape index (κ3) is 1.95. The first-order valence-corrected chi connectivity index (χ1v) is 4.38. The second-order valence-electron chi connectivity index (χ2n) is 3.13. The molecule has 0 saturated carbocycles. The van der Waals surface area contributed by atoms with Crippen LogP contribution in [0, 0.1) is 0 Å². The smallest absolute Gasteiger partial charge is 0.276 e. The molecule has 14 heavy (non-hydrogen) atoms. The van der Waals surface area contributed by atoms with Gasteiger partial charge >= 0.3 is 0 Å². The summed E-state index contributed by atoms with van der Waals surface area (Å²) in [6.07, 6.45) is -0.0356. The number of phenolic OH excluding ortho intramolecular Hbond substituents is 2. The lowest BCUT2D eigenvalue weighted by molar-refractivity contribution is -0.0163. The Morgan fingerprint density at radius 3 is 2.50 bits per heavy atom. The number of rotatable bonds is 3. The molecule has 1 aromatic rings. The molecule has 0 radical (unpaired) electrons. The SMILES string of the molecule is CCCC(F)(F)c1cccc(O)c1O. The van der Waals surface area contributed by atoms with Crippen LogP contribution in [0.2, 0.25) is 0 Å². The third-order valence-electron chi connectivity index (χ3n) is 1.97. The van der Waals surface area contributed by atoms with Crippen molar-refractivity contribution in [1.82, 2.24) is 0 Å². The number of aromatic hydroxyl groups is 2. The summed E-state index contributed by atoms with van der Waals surface area (Å²) >= 11 is 0. The predicted molar refractivity (Wildman–Crippen MR) is 48.6 cm³/mol. The molecular formula is C10H12F2O2. The van der Waals surface area contributed by atoms with Gasteiger partial charge in [0.25, 0.3) is 5.92 Å². The lowest BCUT2D eigenvalue weighted by atomic mass is 10.0. The van der Waals surface area contributed by atoms with Crippen molar-refractivity contribution in [1.29, 1.82) is 0 Å². The molecule has 0 aliphatic heterocycles. The molecule has 2 nitrogen and oxygen atoms in total. The van der Waals surface area contributed by atoms with Crippen LogP contribution in [0.4, 0.5) is 8.78 Å². The Hall–Kier alpha value is -1.32. The zero-order valence-electron chi connectivity index (χ0n) is 7.80. The Balaban J connectivity index is 3.12. The first kappa shape index (κ1) is 10.8. The summed E-state index contributed by atoms with van der Waals surface area (Å²) in [7, 11) is 0. The Labute approximate surface area is 80.8 Å².